The van der Waals surface area contributed by atoms with Gasteiger partial charge in [0.1, 0.15) is 0 Å². The highest BCUT2D eigenvalue weighted by atomic mass is 32.2. The van der Waals surface area contributed by atoms with Crippen LogP contribution in [0.4, 0.5) is 0 Å². The molecule has 1 aliphatic carbocycles. The summed E-state index contributed by atoms with van der Waals surface area (Å²) in [4.78, 5) is 0. The minimum Gasteiger partial charge on any atom is -0.158 e. The highest BCUT2D eigenvalue weighted by Crippen LogP contribution is 2.49. The number of thioether (sulfide) groups is 1. The van der Waals surface area contributed by atoms with Crippen LogP contribution in [0.1, 0.15) is 40.0 Å². The number of allylic oxidation sites excluding steroid dienone is 2. The van der Waals surface area contributed by atoms with Crippen LogP contribution in [0.15, 0.2) is 12.2 Å². The van der Waals surface area contributed by atoms with Crippen molar-refractivity contribution in [3.05, 3.63) is 12.2 Å². The summed E-state index contributed by atoms with van der Waals surface area (Å²) in [6, 6.07) is 0. The van der Waals surface area contributed by atoms with Gasteiger partial charge in [0.25, 0.3) is 0 Å². The van der Waals surface area contributed by atoms with E-state index in [2.05, 4.69) is 44.7 Å². The molecule has 0 aromatic rings. The van der Waals surface area contributed by atoms with E-state index in [-0.39, 0.29) is 0 Å². The van der Waals surface area contributed by atoms with Crippen LogP contribution in [0, 0.1) is 17.3 Å². The lowest BCUT2D eigenvalue weighted by Gasteiger charge is -2.46. The Morgan fingerprint density at radius 2 is 2.07 bits per heavy atom. The molecule has 0 aromatic heterocycles. The molecule has 2 rings (SSSR count). The topological polar surface area (TPSA) is 0 Å². The average molecular weight is 210 g/mol. The molecule has 1 saturated heterocycles. The predicted octanol–water partition coefficient (Wildman–Crippen LogP) is 4.12. The third kappa shape index (κ3) is 2.36. The Kier molecular flexibility index (Phi) is 2.97. The fourth-order valence-electron chi connectivity index (χ4n) is 2.48. The first-order valence-electron chi connectivity index (χ1n) is 5.87. The molecule has 1 heterocycles. The Labute approximate surface area is 92.5 Å². The molecule has 1 saturated carbocycles. The van der Waals surface area contributed by atoms with Gasteiger partial charge < -0.3 is 0 Å². The molecule has 3 unspecified atom stereocenters. The van der Waals surface area contributed by atoms with Gasteiger partial charge in [0.05, 0.1) is 0 Å². The van der Waals surface area contributed by atoms with E-state index < -0.39 is 0 Å². The van der Waals surface area contributed by atoms with Crippen LogP contribution in [-0.4, -0.2) is 11.0 Å². The van der Waals surface area contributed by atoms with Gasteiger partial charge in [-0.25, -0.2) is 0 Å². The molecule has 0 amide bonds. The summed E-state index contributed by atoms with van der Waals surface area (Å²) >= 11 is 2.22. The zero-order valence-electron chi connectivity index (χ0n) is 9.62. The molecule has 0 nitrogen and oxygen atoms in total. The quantitative estimate of drug-likeness (QED) is 0.587. The van der Waals surface area contributed by atoms with Crippen molar-refractivity contribution in [3.63, 3.8) is 0 Å². The van der Waals surface area contributed by atoms with Gasteiger partial charge in [0.15, 0.2) is 0 Å². The number of fused-ring (bicyclic) bond motifs is 1. The first-order valence-corrected chi connectivity index (χ1v) is 6.92. The van der Waals surface area contributed by atoms with E-state index in [4.69, 9.17) is 0 Å². The summed E-state index contributed by atoms with van der Waals surface area (Å²) in [5.41, 5.74) is 0.368. The van der Waals surface area contributed by atoms with E-state index >= 15 is 0 Å². The average Bonchev–Trinajstić information content (AvgIpc) is 2.04. The van der Waals surface area contributed by atoms with Crippen LogP contribution in [0.2, 0.25) is 0 Å². The van der Waals surface area contributed by atoms with E-state index in [9.17, 15) is 0 Å². The van der Waals surface area contributed by atoms with Gasteiger partial charge in [-0.15, -0.1) is 0 Å². The second-order valence-corrected chi connectivity index (χ2v) is 7.19. The van der Waals surface area contributed by atoms with Crippen LogP contribution in [0.5, 0.6) is 0 Å². The molecule has 14 heavy (non-hydrogen) atoms. The molecule has 1 aliphatic heterocycles. The van der Waals surface area contributed by atoms with Crippen LogP contribution in [-0.2, 0) is 0 Å². The van der Waals surface area contributed by atoms with Crippen molar-refractivity contribution in [2.75, 3.05) is 5.75 Å². The van der Waals surface area contributed by atoms with Crippen LogP contribution in [0.3, 0.4) is 0 Å². The van der Waals surface area contributed by atoms with Gasteiger partial charge in [0.2, 0.25) is 0 Å². The number of hydrogen-bond acceptors (Lipinski definition) is 1. The first kappa shape index (κ1) is 10.6. The van der Waals surface area contributed by atoms with Crippen molar-refractivity contribution >= 4 is 11.8 Å². The molecule has 0 bridgehead atoms. The Balaban J connectivity index is 1.87. The SMILES string of the molecule is CC(C)(C)/C=C\C1CC2SCCCC12. The van der Waals surface area contributed by atoms with Gasteiger partial charge in [0, 0.05) is 5.25 Å². The molecule has 80 valence electrons. The lowest BCUT2D eigenvalue weighted by Crippen LogP contribution is -2.40. The van der Waals surface area contributed by atoms with Gasteiger partial charge in [-0.1, -0.05) is 32.9 Å². The minimum atomic E-state index is 0.368. The Morgan fingerprint density at radius 3 is 2.71 bits per heavy atom. The first-order chi connectivity index (χ1) is 6.56. The van der Waals surface area contributed by atoms with E-state index in [1.54, 1.807) is 0 Å². The van der Waals surface area contributed by atoms with Gasteiger partial charge in [-0.2, -0.15) is 11.8 Å². The fraction of sp³-hybridized carbons (Fsp3) is 0.846. The molecule has 1 heteroatoms. The lowest BCUT2D eigenvalue weighted by atomic mass is 9.70. The second-order valence-electron chi connectivity index (χ2n) is 5.84. The third-order valence-electron chi connectivity index (χ3n) is 3.39. The molecule has 3 atom stereocenters. The standard InChI is InChI=1S/C13H22S/c1-13(2,3)7-6-10-9-12-11(10)5-4-8-14-12/h6-7,10-12H,4-5,8-9H2,1-3H3/b7-6-. The molecular formula is C13H22S. The van der Waals surface area contributed by atoms with E-state index in [1.165, 1.54) is 25.0 Å². The van der Waals surface area contributed by atoms with Crippen LogP contribution >= 0.6 is 11.8 Å². The maximum Gasteiger partial charge on any atom is 0.00866 e. The predicted molar refractivity (Wildman–Crippen MR) is 65.7 cm³/mol. The molecule has 2 fully saturated rings. The number of hydrogen-bond donors (Lipinski definition) is 0. The monoisotopic (exact) mass is 210 g/mol. The van der Waals surface area contributed by atoms with Crippen LogP contribution < -0.4 is 0 Å². The lowest BCUT2D eigenvalue weighted by molar-refractivity contribution is 0.216. The van der Waals surface area contributed by atoms with Gasteiger partial charge in [-0.3, -0.25) is 0 Å². The maximum absolute atomic E-state index is 2.49. The summed E-state index contributed by atoms with van der Waals surface area (Å²) in [6.45, 7) is 6.86. The van der Waals surface area contributed by atoms with Gasteiger partial charge >= 0.3 is 0 Å². The number of rotatable bonds is 1. The summed E-state index contributed by atoms with van der Waals surface area (Å²) in [5, 5.41) is 1.01. The minimum absolute atomic E-state index is 0.368. The van der Waals surface area contributed by atoms with Crippen molar-refractivity contribution in [1.29, 1.82) is 0 Å². The zero-order valence-corrected chi connectivity index (χ0v) is 10.4. The third-order valence-corrected chi connectivity index (χ3v) is 4.88. The Bertz CT molecular complexity index is 224. The van der Waals surface area contributed by atoms with E-state index in [0.29, 0.717) is 5.41 Å². The van der Waals surface area contributed by atoms with Gasteiger partial charge in [-0.05, 0) is 42.3 Å². The summed E-state index contributed by atoms with van der Waals surface area (Å²) < 4.78 is 0. The Morgan fingerprint density at radius 1 is 1.29 bits per heavy atom. The fourth-order valence-corrected chi connectivity index (χ4v) is 4.06. The summed E-state index contributed by atoms with van der Waals surface area (Å²) in [6.07, 6.45) is 9.28. The van der Waals surface area contributed by atoms with E-state index in [1.807, 2.05) is 0 Å². The summed E-state index contributed by atoms with van der Waals surface area (Å²) in [5.74, 6) is 3.34. The normalized spacial score (nSPS) is 38.1. The second kappa shape index (κ2) is 3.92. The van der Waals surface area contributed by atoms with Crippen molar-refractivity contribution in [3.8, 4) is 0 Å². The van der Waals surface area contributed by atoms with Crippen molar-refractivity contribution < 1.29 is 0 Å². The molecule has 0 N–H and O–H groups in total. The van der Waals surface area contributed by atoms with Crippen molar-refractivity contribution in [1.82, 2.24) is 0 Å². The zero-order chi connectivity index (χ0) is 10.2. The summed E-state index contributed by atoms with van der Waals surface area (Å²) in [7, 11) is 0. The van der Waals surface area contributed by atoms with Crippen LogP contribution in [0.25, 0.3) is 0 Å². The highest BCUT2D eigenvalue weighted by Gasteiger charge is 2.40. The maximum atomic E-state index is 2.49. The van der Waals surface area contributed by atoms with E-state index in [0.717, 1.165) is 17.1 Å². The Hall–Kier alpha value is 0.0900. The molecule has 2 aliphatic rings. The highest BCUT2D eigenvalue weighted by molar-refractivity contribution is 8.00. The molecule has 0 aromatic carbocycles. The molecule has 0 spiro atoms. The molecule has 0 radical (unpaired) electrons. The smallest absolute Gasteiger partial charge is 0.00866 e. The van der Waals surface area contributed by atoms with Crippen molar-refractivity contribution in [2.24, 2.45) is 17.3 Å². The van der Waals surface area contributed by atoms with Crippen molar-refractivity contribution in [2.45, 2.75) is 45.3 Å². The molecular weight excluding hydrogens is 188 g/mol. The largest absolute Gasteiger partial charge is 0.158 e.